The molecule has 3 N–H and O–H groups in total. The van der Waals surface area contributed by atoms with Crippen molar-refractivity contribution < 1.29 is 23.8 Å². The first kappa shape index (κ1) is 14.9. The molecule has 23 heavy (non-hydrogen) atoms. The number of nitrogens with two attached hydrogens (primary N) is 1. The van der Waals surface area contributed by atoms with Gasteiger partial charge in [0.1, 0.15) is 25.0 Å². The first-order valence-corrected chi connectivity index (χ1v) is 6.91. The molecular weight excluding hydrogens is 302 g/mol. The van der Waals surface area contributed by atoms with Crippen LogP contribution in [0.15, 0.2) is 24.4 Å². The number of pyridine rings is 1. The summed E-state index contributed by atoms with van der Waals surface area (Å²) in [4.78, 5) is 26.7. The van der Waals surface area contributed by atoms with Crippen LogP contribution in [-0.4, -0.2) is 43.3 Å². The zero-order valence-electron chi connectivity index (χ0n) is 12.4. The third-order valence-corrected chi connectivity index (χ3v) is 3.47. The van der Waals surface area contributed by atoms with Gasteiger partial charge in [-0.2, -0.15) is 0 Å². The van der Waals surface area contributed by atoms with Gasteiger partial charge in [-0.15, -0.1) is 0 Å². The van der Waals surface area contributed by atoms with Crippen LogP contribution in [0, 0.1) is 0 Å². The van der Waals surface area contributed by atoms with E-state index in [2.05, 4.69) is 10.3 Å². The molecule has 2 amide bonds. The summed E-state index contributed by atoms with van der Waals surface area (Å²) in [6.45, 7) is 0.469. The molecule has 8 nitrogen and oxygen atoms in total. The number of benzene rings is 1. The number of nitrogens with zero attached hydrogens (tertiary/aromatic N) is 1. The molecular formula is C15H15N3O5. The van der Waals surface area contributed by atoms with Crippen molar-refractivity contribution in [2.24, 2.45) is 5.73 Å². The van der Waals surface area contributed by atoms with Crippen molar-refractivity contribution in [2.45, 2.75) is 6.04 Å². The third kappa shape index (κ3) is 2.96. The van der Waals surface area contributed by atoms with Crippen LogP contribution in [0.3, 0.4) is 0 Å². The maximum Gasteiger partial charge on any atom is 0.407 e. The average molecular weight is 317 g/mol. The maximum absolute atomic E-state index is 11.5. The van der Waals surface area contributed by atoms with Crippen LogP contribution in [0.25, 0.3) is 10.8 Å². The molecule has 0 spiro atoms. The maximum atomic E-state index is 11.5. The van der Waals surface area contributed by atoms with E-state index in [4.69, 9.17) is 19.9 Å². The Kier molecular flexibility index (Phi) is 3.88. The quantitative estimate of drug-likeness (QED) is 0.844. The number of hydrogen-bond acceptors (Lipinski definition) is 6. The minimum Gasteiger partial charge on any atom is -0.496 e. The van der Waals surface area contributed by atoms with Crippen LogP contribution in [0.2, 0.25) is 0 Å². The second kappa shape index (κ2) is 5.99. The highest BCUT2D eigenvalue weighted by atomic mass is 16.6. The highest BCUT2D eigenvalue weighted by Gasteiger charge is 2.23. The van der Waals surface area contributed by atoms with Gasteiger partial charge in [0.2, 0.25) is 5.88 Å². The van der Waals surface area contributed by atoms with E-state index in [-0.39, 0.29) is 24.8 Å². The molecule has 3 rings (SSSR count). The number of rotatable bonds is 5. The number of primary amides is 1. The number of amides is 2. The Morgan fingerprint density at radius 2 is 2.35 bits per heavy atom. The second-order valence-electron chi connectivity index (χ2n) is 5.00. The Balaban J connectivity index is 1.91. The number of ether oxygens (including phenoxy) is 3. The number of cyclic esters (lactones) is 1. The lowest BCUT2D eigenvalue weighted by atomic mass is 10.1. The fraction of sp³-hybridized carbons (Fsp3) is 0.267. The molecule has 0 aliphatic carbocycles. The largest absolute Gasteiger partial charge is 0.496 e. The summed E-state index contributed by atoms with van der Waals surface area (Å²) < 4.78 is 15.7. The number of aromatic nitrogens is 1. The lowest BCUT2D eigenvalue weighted by Gasteiger charge is -2.13. The van der Waals surface area contributed by atoms with Crippen molar-refractivity contribution in [1.29, 1.82) is 0 Å². The number of hydrogen-bond donors (Lipinski definition) is 2. The summed E-state index contributed by atoms with van der Waals surface area (Å²) in [6.07, 6.45) is 1.11. The van der Waals surface area contributed by atoms with Crippen LogP contribution in [-0.2, 0) is 4.74 Å². The summed E-state index contributed by atoms with van der Waals surface area (Å²) in [6, 6.07) is 4.80. The Morgan fingerprint density at radius 1 is 1.52 bits per heavy atom. The minimum absolute atomic E-state index is 0.220. The van der Waals surface area contributed by atoms with Gasteiger partial charge in [-0.25, -0.2) is 9.78 Å². The highest BCUT2D eigenvalue weighted by molar-refractivity contribution is 6.01. The molecule has 120 valence electrons. The first-order valence-electron chi connectivity index (χ1n) is 6.91. The monoisotopic (exact) mass is 317 g/mol. The SMILES string of the molecule is COc1cc2c(OC[C@H]3COC(=O)N3)nccc2cc1C(N)=O. The zero-order chi connectivity index (χ0) is 16.4. The predicted molar refractivity (Wildman–Crippen MR) is 80.6 cm³/mol. The number of methoxy groups -OCH3 is 1. The van der Waals surface area contributed by atoms with Gasteiger partial charge in [0, 0.05) is 11.6 Å². The molecule has 1 aliphatic heterocycles. The van der Waals surface area contributed by atoms with Crippen LogP contribution >= 0.6 is 0 Å². The van der Waals surface area contributed by atoms with E-state index in [1.165, 1.54) is 7.11 Å². The molecule has 8 heteroatoms. The normalized spacial score (nSPS) is 16.7. The predicted octanol–water partition coefficient (Wildman–Crippen LogP) is 0.829. The number of fused-ring (bicyclic) bond motifs is 1. The number of carbonyl (C=O) groups is 2. The van der Waals surface area contributed by atoms with E-state index in [9.17, 15) is 9.59 Å². The molecule has 1 fully saturated rings. The Morgan fingerprint density at radius 3 is 3.00 bits per heavy atom. The lowest BCUT2D eigenvalue weighted by molar-refractivity contribution is 0.0997. The van der Waals surface area contributed by atoms with Gasteiger partial charge in [0.15, 0.2) is 0 Å². The van der Waals surface area contributed by atoms with Gasteiger partial charge in [-0.3, -0.25) is 4.79 Å². The molecule has 2 heterocycles. The fourth-order valence-electron chi connectivity index (χ4n) is 2.35. The summed E-state index contributed by atoms with van der Waals surface area (Å²) >= 11 is 0. The standard InChI is InChI=1S/C15H15N3O5/c1-21-12-5-10-8(4-11(12)13(16)19)2-3-17-14(10)22-6-9-7-23-15(20)18-9/h2-5,9H,6-7H2,1H3,(H2,16,19)(H,18,20)/t9-/m0/s1. The van der Waals surface area contributed by atoms with Crippen LogP contribution in [0.1, 0.15) is 10.4 Å². The van der Waals surface area contributed by atoms with Crippen molar-refractivity contribution in [3.05, 3.63) is 30.0 Å². The number of alkyl carbamates (subject to hydrolysis) is 1. The molecule has 1 aliphatic rings. The Labute approximate surface area is 131 Å². The molecule has 1 aromatic heterocycles. The van der Waals surface area contributed by atoms with Crippen LogP contribution in [0.5, 0.6) is 11.6 Å². The van der Waals surface area contributed by atoms with Gasteiger partial charge < -0.3 is 25.3 Å². The first-order chi connectivity index (χ1) is 11.1. The Bertz CT molecular complexity index is 777. The topological polar surface area (TPSA) is 113 Å². The summed E-state index contributed by atoms with van der Waals surface area (Å²) in [5, 5.41) is 4.05. The van der Waals surface area contributed by atoms with Crippen molar-refractivity contribution in [1.82, 2.24) is 10.3 Å². The third-order valence-electron chi connectivity index (χ3n) is 3.47. The van der Waals surface area contributed by atoms with Gasteiger partial charge >= 0.3 is 6.09 Å². The number of nitrogens with one attached hydrogen (secondary N) is 1. The van der Waals surface area contributed by atoms with E-state index < -0.39 is 12.0 Å². The number of carbonyl (C=O) groups excluding carboxylic acids is 2. The summed E-state index contributed by atoms with van der Waals surface area (Å²) in [7, 11) is 1.45. The molecule has 1 saturated heterocycles. The molecule has 0 saturated carbocycles. The molecule has 0 unspecified atom stereocenters. The highest BCUT2D eigenvalue weighted by Crippen LogP contribution is 2.30. The second-order valence-corrected chi connectivity index (χ2v) is 5.00. The van der Waals surface area contributed by atoms with Crippen molar-refractivity contribution >= 4 is 22.8 Å². The van der Waals surface area contributed by atoms with Gasteiger partial charge in [-0.1, -0.05) is 0 Å². The van der Waals surface area contributed by atoms with E-state index in [0.29, 0.717) is 17.0 Å². The van der Waals surface area contributed by atoms with E-state index in [1.54, 1.807) is 24.4 Å². The van der Waals surface area contributed by atoms with Gasteiger partial charge in [0.05, 0.1) is 12.7 Å². The molecule has 1 atom stereocenters. The lowest BCUT2D eigenvalue weighted by Crippen LogP contribution is -2.32. The molecule has 0 radical (unpaired) electrons. The average Bonchev–Trinajstić information content (AvgIpc) is 2.96. The summed E-state index contributed by atoms with van der Waals surface area (Å²) in [5.41, 5.74) is 5.64. The fourth-order valence-corrected chi connectivity index (χ4v) is 2.35. The summed E-state index contributed by atoms with van der Waals surface area (Å²) in [5.74, 6) is 0.146. The van der Waals surface area contributed by atoms with E-state index >= 15 is 0 Å². The molecule has 2 aromatic rings. The minimum atomic E-state index is -0.575. The Hall–Kier alpha value is -3.03. The van der Waals surface area contributed by atoms with Crippen molar-refractivity contribution in [3.63, 3.8) is 0 Å². The van der Waals surface area contributed by atoms with Crippen molar-refractivity contribution in [3.8, 4) is 11.6 Å². The van der Waals surface area contributed by atoms with Crippen LogP contribution in [0.4, 0.5) is 4.79 Å². The van der Waals surface area contributed by atoms with Gasteiger partial charge in [-0.05, 0) is 23.6 Å². The van der Waals surface area contributed by atoms with E-state index in [1.807, 2.05) is 0 Å². The van der Waals surface area contributed by atoms with Crippen molar-refractivity contribution in [2.75, 3.05) is 20.3 Å². The van der Waals surface area contributed by atoms with Crippen LogP contribution < -0.4 is 20.5 Å². The van der Waals surface area contributed by atoms with E-state index in [0.717, 1.165) is 5.39 Å². The molecule has 0 bridgehead atoms. The molecule has 1 aromatic carbocycles. The van der Waals surface area contributed by atoms with Gasteiger partial charge in [0.25, 0.3) is 5.91 Å². The smallest absolute Gasteiger partial charge is 0.407 e. The zero-order valence-corrected chi connectivity index (χ0v) is 12.4.